The lowest BCUT2D eigenvalue weighted by Crippen LogP contribution is -2.42. The summed E-state index contributed by atoms with van der Waals surface area (Å²) in [5.41, 5.74) is 0.591. The van der Waals surface area contributed by atoms with Crippen molar-refractivity contribution in [3.05, 3.63) is 24.3 Å². The van der Waals surface area contributed by atoms with Crippen LogP contribution in [0.4, 0.5) is 10.5 Å². The summed E-state index contributed by atoms with van der Waals surface area (Å²) >= 11 is 0. The highest BCUT2D eigenvalue weighted by Crippen LogP contribution is 2.25. The van der Waals surface area contributed by atoms with Crippen LogP contribution >= 0.6 is 0 Å². The average Bonchev–Trinajstić information content (AvgIpc) is 2.86. The van der Waals surface area contributed by atoms with Gasteiger partial charge in [-0.05, 0) is 51.5 Å². The maximum Gasteiger partial charge on any atom is 0.410 e. The molecule has 1 aliphatic rings. The minimum Gasteiger partial charge on any atom is -0.508 e. The first-order valence-electron chi connectivity index (χ1n) is 7.26. The van der Waals surface area contributed by atoms with E-state index in [1.54, 1.807) is 24.1 Å². The molecule has 0 unspecified atom stereocenters. The van der Waals surface area contributed by atoms with E-state index in [1.807, 2.05) is 32.9 Å². The Morgan fingerprint density at radius 2 is 1.95 bits per heavy atom. The van der Waals surface area contributed by atoms with Gasteiger partial charge in [0.05, 0.1) is 6.04 Å². The number of amides is 1. The molecular formula is C16H24N2O3. The summed E-state index contributed by atoms with van der Waals surface area (Å²) in [5, 5.41) is 9.33. The first-order valence-corrected chi connectivity index (χ1v) is 7.26. The zero-order valence-corrected chi connectivity index (χ0v) is 13.2. The van der Waals surface area contributed by atoms with E-state index in [0.29, 0.717) is 0 Å². The van der Waals surface area contributed by atoms with Gasteiger partial charge in [-0.15, -0.1) is 0 Å². The Labute approximate surface area is 126 Å². The zero-order chi connectivity index (χ0) is 15.6. The SMILES string of the molecule is CN(C(=O)OC(C)(C)C)[C@@H]1CCN(c2ccc(O)cc2)C1. The van der Waals surface area contributed by atoms with Crippen molar-refractivity contribution in [2.45, 2.75) is 38.8 Å². The summed E-state index contributed by atoms with van der Waals surface area (Å²) in [7, 11) is 1.79. The van der Waals surface area contributed by atoms with Crippen molar-refractivity contribution < 1.29 is 14.6 Å². The molecule has 116 valence electrons. The molecule has 5 nitrogen and oxygen atoms in total. The second-order valence-electron chi connectivity index (χ2n) is 6.50. The van der Waals surface area contributed by atoms with Crippen molar-refractivity contribution >= 4 is 11.8 Å². The van der Waals surface area contributed by atoms with Gasteiger partial charge in [-0.2, -0.15) is 0 Å². The smallest absolute Gasteiger partial charge is 0.410 e. The summed E-state index contributed by atoms with van der Waals surface area (Å²) in [6.07, 6.45) is 0.636. The predicted octanol–water partition coefficient (Wildman–Crippen LogP) is 2.84. The fraction of sp³-hybridized carbons (Fsp3) is 0.562. The lowest BCUT2D eigenvalue weighted by molar-refractivity contribution is 0.0238. The Bertz CT molecular complexity index is 493. The number of aromatic hydroxyl groups is 1. The second-order valence-corrected chi connectivity index (χ2v) is 6.50. The number of rotatable bonds is 2. The number of hydrogen-bond donors (Lipinski definition) is 1. The number of hydrogen-bond acceptors (Lipinski definition) is 4. The van der Waals surface area contributed by atoms with Crippen LogP contribution in [-0.2, 0) is 4.74 Å². The maximum absolute atomic E-state index is 12.1. The summed E-state index contributed by atoms with van der Waals surface area (Å²) in [5.74, 6) is 0.264. The molecule has 1 N–H and O–H groups in total. The van der Waals surface area contributed by atoms with Crippen LogP contribution in [0, 0.1) is 0 Å². The lowest BCUT2D eigenvalue weighted by atomic mass is 10.2. The molecule has 1 saturated heterocycles. The van der Waals surface area contributed by atoms with Crippen LogP contribution in [0.5, 0.6) is 5.75 Å². The monoisotopic (exact) mass is 292 g/mol. The molecule has 0 radical (unpaired) electrons. The molecule has 1 amide bonds. The highest BCUT2D eigenvalue weighted by atomic mass is 16.6. The van der Waals surface area contributed by atoms with Gasteiger partial charge in [-0.1, -0.05) is 0 Å². The molecule has 0 saturated carbocycles. The molecule has 1 aromatic rings. The number of carbonyl (C=O) groups is 1. The number of carbonyl (C=O) groups excluding carboxylic acids is 1. The Morgan fingerprint density at radius 1 is 1.33 bits per heavy atom. The average molecular weight is 292 g/mol. The van der Waals surface area contributed by atoms with Crippen molar-refractivity contribution in [3.63, 3.8) is 0 Å². The third kappa shape index (κ3) is 4.03. The van der Waals surface area contributed by atoms with E-state index < -0.39 is 5.60 Å². The Kier molecular flexibility index (Phi) is 4.30. The minimum absolute atomic E-state index is 0.147. The van der Waals surface area contributed by atoms with Crippen molar-refractivity contribution in [1.82, 2.24) is 4.90 Å². The molecule has 1 heterocycles. The van der Waals surface area contributed by atoms with Crippen LogP contribution in [0.1, 0.15) is 27.2 Å². The van der Waals surface area contributed by atoms with Gasteiger partial charge >= 0.3 is 6.09 Å². The molecule has 0 aromatic heterocycles. The predicted molar refractivity (Wildman–Crippen MR) is 82.7 cm³/mol. The molecule has 1 aromatic carbocycles. The molecule has 0 aliphatic carbocycles. The number of benzene rings is 1. The number of anilines is 1. The summed E-state index contributed by atoms with van der Waals surface area (Å²) in [6, 6.07) is 7.30. The van der Waals surface area contributed by atoms with Gasteiger partial charge in [0.15, 0.2) is 0 Å². The number of ether oxygens (including phenoxy) is 1. The molecule has 0 spiro atoms. The Morgan fingerprint density at radius 3 is 2.52 bits per heavy atom. The quantitative estimate of drug-likeness (QED) is 0.910. The number of phenols is 1. The molecule has 1 atom stereocenters. The number of likely N-dealkylation sites (N-methyl/N-ethyl adjacent to an activating group) is 1. The van der Waals surface area contributed by atoms with Crippen molar-refractivity contribution in [2.75, 3.05) is 25.0 Å². The highest BCUT2D eigenvalue weighted by molar-refractivity contribution is 5.68. The molecule has 2 rings (SSSR count). The Hall–Kier alpha value is -1.91. The minimum atomic E-state index is -0.472. The van der Waals surface area contributed by atoms with E-state index in [1.165, 1.54) is 0 Å². The van der Waals surface area contributed by atoms with E-state index in [2.05, 4.69) is 4.90 Å². The first kappa shape index (κ1) is 15.5. The second kappa shape index (κ2) is 5.84. The zero-order valence-electron chi connectivity index (χ0n) is 13.2. The van der Waals surface area contributed by atoms with Crippen LogP contribution in [0.2, 0.25) is 0 Å². The van der Waals surface area contributed by atoms with Gasteiger partial charge in [-0.3, -0.25) is 0 Å². The van der Waals surface area contributed by atoms with Gasteiger partial charge in [0.25, 0.3) is 0 Å². The normalized spacial score (nSPS) is 18.7. The largest absolute Gasteiger partial charge is 0.508 e. The maximum atomic E-state index is 12.1. The molecular weight excluding hydrogens is 268 g/mol. The van der Waals surface area contributed by atoms with Gasteiger partial charge in [0.2, 0.25) is 0 Å². The summed E-state index contributed by atoms with van der Waals surface area (Å²) < 4.78 is 5.40. The summed E-state index contributed by atoms with van der Waals surface area (Å²) in [6.45, 7) is 7.28. The number of phenolic OH excluding ortho intramolecular Hbond substituents is 1. The van der Waals surface area contributed by atoms with E-state index in [-0.39, 0.29) is 17.9 Å². The molecule has 21 heavy (non-hydrogen) atoms. The third-order valence-corrected chi connectivity index (χ3v) is 3.61. The number of nitrogens with zero attached hydrogens (tertiary/aromatic N) is 2. The van der Waals surface area contributed by atoms with Gasteiger partial charge in [0.1, 0.15) is 11.4 Å². The topological polar surface area (TPSA) is 53.0 Å². The van der Waals surface area contributed by atoms with Gasteiger partial charge in [-0.25, -0.2) is 4.79 Å². The van der Waals surface area contributed by atoms with Gasteiger partial charge in [0, 0.05) is 25.8 Å². The van der Waals surface area contributed by atoms with Crippen LogP contribution in [0.3, 0.4) is 0 Å². The van der Waals surface area contributed by atoms with E-state index in [0.717, 1.165) is 25.2 Å². The van der Waals surface area contributed by atoms with Crippen molar-refractivity contribution in [2.24, 2.45) is 0 Å². The fourth-order valence-corrected chi connectivity index (χ4v) is 2.44. The van der Waals surface area contributed by atoms with Crippen molar-refractivity contribution in [1.29, 1.82) is 0 Å². The fourth-order valence-electron chi connectivity index (χ4n) is 2.44. The first-order chi connectivity index (χ1) is 9.76. The molecule has 1 aliphatic heterocycles. The van der Waals surface area contributed by atoms with Gasteiger partial charge < -0.3 is 19.6 Å². The van der Waals surface area contributed by atoms with Crippen LogP contribution in [0.15, 0.2) is 24.3 Å². The Balaban J connectivity index is 1.95. The molecule has 1 fully saturated rings. The van der Waals surface area contributed by atoms with Crippen LogP contribution in [-0.4, -0.2) is 47.9 Å². The third-order valence-electron chi connectivity index (χ3n) is 3.61. The van der Waals surface area contributed by atoms with Crippen LogP contribution in [0.25, 0.3) is 0 Å². The standard InChI is InChI=1S/C16H24N2O3/c1-16(2,3)21-15(20)17(4)13-9-10-18(11-13)12-5-7-14(19)8-6-12/h5-8,13,19H,9-11H2,1-4H3/t13-/m1/s1. The molecule has 5 heteroatoms. The van der Waals surface area contributed by atoms with E-state index >= 15 is 0 Å². The van der Waals surface area contributed by atoms with E-state index in [4.69, 9.17) is 4.74 Å². The van der Waals surface area contributed by atoms with E-state index in [9.17, 15) is 9.90 Å². The van der Waals surface area contributed by atoms with Crippen molar-refractivity contribution in [3.8, 4) is 5.75 Å². The lowest BCUT2D eigenvalue weighted by Gasteiger charge is -2.28. The highest BCUT2D eigenvalue weighted by Gasteiger charge is 2.31. The van der Waals surface area contributed by atoms with Crippen LogP contribution < -0.4 is 4.90 Å². The molecule has 0 bridgehead atoms. The summed E-state index contributed by atoms with van der Waals surface area (Å²) in [4.78, 5) is 16.0.